The van der Waals surface area contributed by atoms with Crippen molar-refractivity contribution in [2.45, 2.75) is 26.3 Å². The van der Waals surface area contributed by atoms with E-state index in [0.717, 1.165) is 5.56 Å². The summed E-state index contributed by atoms with van der Waals surface area (Å²) in [6, 6.07) is 8.90. The summed E-state index contributed by atoms with van der Waals surface area (Å²) in [5.74, 6) is 1.51. The van der Waals surface area contributed by atoms with Crippen molar-refractivity contribution < 1.29 is 9.32 Å². The molecule has 2 heterocycles. The van der Waals surface area contributed by atoms with E-state index in [9.17, 15) is 4.79 Å². The van der Waals surface area contributed by atoms with Gasteiger partial charge >= 0.3 is 6.03 Å². The third kappa shape index (κ3) is 4.17. The second-order valence-electron chi connectivity index (χ2n) is 5.39. The van der Waals surface area contributed by atoms with Crippen molar-refractivity contribution >= 4 is 11.7 Å². The minimum absolute atomic E-state index is 0.332. The Labute approximate surface area is 144 Å². The number of carbonyl (C=O) groups excluding carboxylic acids is 1. The van der Waals surface area contributed by atoms with Gasteiger partial charge in [0.2, 0.25) is 5.89 Å². The van der Waals surface area contributed by atoms with E-state index in [4.69, 9.17) is 4.52 Å². The first-order valence-electron chi connectivity index (χ1n) is 7.91. The lowest BCUT2D eigenvalue weighted by Gasteiger charge is -2.13. The molecule has 1 aromatic carbocycles. The van der Waals surface area contributed by atoms with Crippen LogP contribution in [0.2, 0.25) is 0 Å². The first-order valence-corrected chi connectivity index (χ1v) is 7.91. The molecule has 0 aliphatic heterocycles. The summed E-state index contributed by atoms with van der Waals surface area (Å²) < 4.78 is 4.95. The zero-order valence-corrected chi connectivity index (χ0v) is 13.9. The molecule has 3 aromatic rings. The fraction of sp³-hybridized carbons (Fsp3) is 0.235. The molecule has 0 saturated carbocycles. The Balaban J connectivity index is 1.62. The minimum Gasteiger partial charge on any atom is -0.340 e. The van der Waals surface area contributed by atoms with Crippen molar-refractivity contribution in [3.8, 4) is 11.4 Å². The number of nitrogens with zero attached hydrogens (tertiary/aromatic N) is 4. The number of carbonyl (C=O) groups is 1. The summed E-state index contributed by atoms with van der Waals surface area (Å²) in [6.45, 7) is 3.63. The molecule has 0 unspecified atom stereocenters. The van der Waals surface area contributed by atoms with E-state index in [2.05, 4.69) is 30.7 Å². The van der Waals surface area contributed by atoms with Crippen molar-refractivity contribution in [1.82, 2.24) is 25.4 Å². The lowest BCUT2D eigenvalue weighted by molar-refractivity contribution is 0.247. The predicted molar refractivity (Wildman–Crippen MR) is 91.7 cm³/mol. The predicted octanol–water partition coefficient (Wildman–Crippen LogP) is 3.11. The highest BCUT2D eigenvalue weighted by Crippen LogP contribution is 2.16. The monoisotopic (exact) mass is 338 g/mol. The lowest BCUT2D eigenvalue weighted by atomic mass is 10.2. The number of aromatic nitrogens is 4. The second kappa shape index (κ2) is 7.52. The van der Waals surface area contributed by atoms with Crippen LogP contribution in [0.4, 0.5) is 10.5 Å². The van der Waals surface area contributed by atoms with Crippen molar-refractivity contribution in [2.24, 2.45) is 0 Å². The Bertz CT molecular complexity index is 832. The highest BCUT2D eigenvalue weighted by molar-refractivity contribution is 5.89. The quantitative estimate of drug-likeness (QED) is 0.740. The first kappa shape index (κ1) is 16.6. The van der Waals surface area contributed by atoms with Crippen LogP contribution in [-0.4, -0.2) is 26.1 Å². The van der Waals surface area contributed by atoms with E-state index in [1.807, 2.05) is 37.3 Å². The van der Waals surface area contributed by atoms with Crippen LogP contribution in [0.1, 0.15) is 31.1 Å². The molecule has 1 atom stereocenters. The fourth-order valence-corrected chi connectivity index (χ4v) is 2.26. The lowest BCUT2D eigenvalue weighted by Crippen LogP contribution is -2.33. The molecule has 2 aromatic heterocycles. The highest BCUT2D eigenvalue weighted by Gasteiger charge is 2.18. The molecule has 8 nitrogen and oxygen atoms in total. The van der Waals surface area contributed by atoms with Gasteiger partial charge in [-0.15, -0.1) is 0 Å². The van der Waals surface area contributed by atoms with Gasteiger partial charge in [-0.05, 0) is 6.42 Å². The molecule has 2 amide bonds. The summed E-state index contributed by atoms with van der Waals surface area (Å²) in [5.41, 5.74) is 1.41. The van der Waals surface area contributed by atoms with Gasteiger partial charge in [0.05, 0.1) is 24.1 Å². The maximum absolute atomic E-state index is 12.2. The molecule has 0 radical (unpaired) electrons. The number of rotatable bonds is 5. The van der Waals surface area contributed by atoms with Gasteiger partial charge in [0.15, 0.2) is 11.6 Å². The zero-order chi connectivity index (χ0) is 17.6. The molecule has 0 aliphatic carbocycles. The van der Waals surface area contributed by atoms with E-state index in [0.29, 0.717) is 29.6 Å². The van der Waals surface area contributed by atoms with E-state index >= 15 is 0 Å². The van der Waals surface area contributed by atoms with Gasteiger partial charge in [0.25, 0.3) is 0 Å². The van der Waals surface area contributed by atoms with Gasteiger partial charge in [-0.1, -0.05) is 42.4 Å². The SMILES string of the molecule is CC[C@H](NC(=O)Nc1cnc(-c2ccccc2)nc1)c1noc(C)n1. The van der Waals surface area contributed by atoms with Crippen molar-refractivity contribution in [1.29, 1.82) is 0 Å². The number of hydrogen-bond donors (Lipinski definition) is 2. The van der Waals surface area contributed by atoms with E-state index < -0.39 is 0 Å². The van der Waals surface area contributed by atoms with Crippen LogP contribution in [0.3, 0.4) is 0 Å². The summed E-state index contributed by atoms with van der Waals surface area (Å²) in [4.78, 5) is 24.8. The van der Waals surface area contributed by atoms with Gasteiger partial charge in [0.1, 0.15) is 0 Å². The number of amides is 2. The number of aryl methyl sites for hydroxylation is 1. The Morgan fingerprint density at radius 3 is 2.52 bits per heavy atom. The minimum atomic E-state index is -0.384. The van der Waals surface area contributed by atoms with Crippen LogP contribution in [0.15, 0.2) is 47.2 Å². The van der Waals surface area contributed by atoms with E-state index in [1.54, 1.807) is 19.3 Å². The van der Waals surface area contributed by atoms with Gasteiger partial charge in [-0.2, -0.15) is 4.98 Å². The summed E-state index contributed by atoms with van der Waals surface area (Å²) >= 11 is 0. The Kier molecular flexibility index (Phi) is 4.98. The first-order chi connectivity index (χ1) is 12.2. The molecule has 0 saturated heterocycles. The van der Waals surface area contributed by atoms with Crippen LogP contribution in [-0.2, 0) is 0 Å². The molecule has 0 fully saturated rings. The Morgan fingerprint density at radius 1 is 1.20 bits per heavy atom. The maximum atomic E-state index is 12.2. The van der Waals surface area contributed by atoms with Crippen LogP contribution >= 0.6 is 0 Å². The van der Waals surface area contributed by atoms with Crippen LogP contribution in [0.5, 0.6) is 0 Å². The summed E-state index contributed by atoms with van der Waals surface area (Å²) in [7, 11) is 0. The third-order valence-electron chi connectivity index (χ3n) is 3.51. The molecule has 0 bridgehead atoms. The van der Waals surface area contributed by atoms with Gasteiger partial charge in [-0.25, -0.2) is 14.8 Å². The second-order valence-corrected chi connectivity index (χ2v) is 5.39. The molecule has 8 heteroatoms. The number of benzene rings is 1. The van der Waals surface area contributed by atoms with Crippen LogP contribution in [0, 0.1) is 6.92 Å². The maximum Gasteiger partial charge on any atom is 0.319 e. The van der Waals surface area contributed by atoms with Gasteiger partial charge < -0.3 is 15.2 Å². The van der Waals surface area contributed by atoms with Crippen molar-refractivity contribution in [2.75, 3.05) is 5.32 Å². The normalized spacial score (nSPS) is 11.8. The number of hydrogen-bond acceptors (Lipinski definition) is 6. The smallest absolute Gasteiger partial charge is 0.319 e. The average molecular weight is 338 g/mol. The zero-order valence-electron chi connectivity index (χ0n) is 13.9. The topological polar surface area (TPSA) is 106 Å². The molecule has 3 rings (SSSR count). The largest absolute Gasteiger partial charge is 0.340 e. The van der Waals surface area contributed by atoms with Crippen LogP contribution in [0.25, 0.3) is 11.4 Å². The van der Waals surface area contributed by atoms with E-state index in [-0.39, 0.29) is 12.1 Å². The van der Waals surface area contributed by atoms with Crippen molar-refractivity contribution in [3.05, 3.63) is 54.4 Å². The molecule has 0 spiro atoms. The molecule has 2 N–H and O–H groups in total. The Morgan fingerprint density at radius 2 is 1.92 bits per heavy atom. The summed E-state index contributed by atoms with van der Waals surface area (Å²) in [6.07, 6.45) is 3.76. The molecular weight excluding hydrogens is 320 g/mol. The molecular formula is C17H18N6O2. The van der Waals surface area contributed by atoms with Gasteiger partial charge in [0, 0.05) is 12.5 Å². The molecule has 128 valence electrons. The van der Waals surface area contributed by atoms with Crippen LogP contribution < -0.4 is 10.6 Å². The van der Waals surface area contributed by atoms with E-state index in [1.165, 1.54) is 0 Å². The third-order valence-corrected chi connectivity index (χ3v) is 3.51. The molecule has 0 aliphatic rings. The summed E-state index contributed by atoms with van der Waals surface area (Å²) in [5, 5.41) is 9.34. The number of anilines is 1. The highest BCUT2D eigenvalue weighted by atomic mass is 16.5. The fourth-order valence-electron chi connectivity index (χ4n) is 2.26. The number of nitrogens with one attached hydrogen (secondary N) is 2. The standard InChI is InChI=1S/C17H18N6O2/c1-3-14(16-20-11(2)25-23-16)22-17(24)21-13-9-18-15(19-10-13)12-7-5-4-6-8-12/h4-10,14H,3H2,1-2H3,(H2,21,22,24)/t14-/m0/s1. The van der Waals surface area contributed by atoms with Crippen molar-refractivity contribution in [3.63, 3.8) is 0 Å². The Hall–Kier alpha value is -3.29. The molecule has 25 heavy (non-hydrogen) atoms. The average Bonchev–Trinajstić information content (AvgIpc) is 3.07. The van der Waals surface area contributed by atoms with Gasteiger partial charge in [-0.3, -0.25) is 0 Å². The number of urea groups is 1.